The summed E-state index contributed by atoms with van der Waals surface area (Å²) in [7, 11) is 0. The number of rotatable bonds is 4. The zero-order valence-electron chi connectivity index (χ0n) is 9.85. The first-order valence-electron chi connectivity index (χ1n) is 6.04. The fourth-order valence-electron chi connectivity index (χ4n) is 2.28. The van der Waals surface area contributed by atoms with Gasteiger partial charge >= 0.3 is 0 Å². The van der Waals surface area contributed by atoms with Crippen molar-refractivity contribution < 1.29 is 0 Å². The summed E-state index contributed by atoms with van der Waals surface area (Å²) in [5.41, 5.74) is 1.12. The maximum absolute atomic E-state index is 4.55. The fourth-order valence-corrected chi connectivity index (χ4v) is 3.35. The molecule has 0 radical (unpaired) electrons. The average Bonchev–Trinajstić information content (AvgIpc) is 2.74. The normalized spacial score (nSPS) is 22.5. The summed E-state index contributed by atoms with van der Waals surface area (Å²) >= 11 is 6.02. The lowest BCUT2D eigenvalue weighted by Crippen LogP contribution is -2.35. The van der Waals surface area contributed by atoms with Gasteiger partial charge in [-0.25, -0.2) is 4.98 Å². The predicted octanol–water partition coefficient (Wildman–Crippen LogP) is 2.85. The summed E-state index contributed by atoms with van der Waals surface area (Å²) in [4.78, 5) is 7.13. The minimum absolute atomic E-state index is 0.761. The monoisotopic (exact) mass is 256 g/mol. The molecule has 16 heavy (non-hydrogen) atoms. The molecule has 1 fully saturated rings. The Balaban J connectivity index is 1.78. The van der Waals surface area contributed by atoms with Crippen LogP contribution in [-0.4, -0.2) is 29.5 Å². The van der Waals surface area contributed by atoms with Crippen LogP contribution in [0.5, 0.6) is 0 Å². The first-order valence-corrected chi connectivity index (χ1v) is 7.55. The Labute approximate surface area is 107 Å². The van der Waals surface area contributed by atoms with E-state index < -0.39 is 0 Å². The van der Waals surface area contributed by atoms with E-state index in [-0.39, 0.29) is 0 Å². The second-order valence-electron chi connectivity index (χ2n) is 4.69. The van der Waals surface area contributed by atoms with Gasteiger partial charge < -0.3 is 4.90 Å². The van der Waals surface area contributed by atoms with Crippen LogP contribution in [0.4, 0.5) is 0 Å². The minimum Gasteiger partial charge on any atom is -0.303 e. The molecule has 0 saturated carbocycles. The average molecular weight is 256 g/mol. The molecule has 0 N–H and O–H groups in total. The van der Waals surface area contributed by atoms with E-state index in [9.17, 15) is 0 Å². The highest BCUT2D eigenvalue weighted by atomic mass is 32.1. The van der Waals surface area contributed by atoms with Crippen molar-refractivity contribution in [3.63, 3.8) is 0 Å². The van der Waals surface area contributed by atoms with Gasteiger partial charge in [-0.2, -0.15) is 12.6 Å². The second-order valence-corrected chi connectivity index (χ2v) is 5.95. The molecule has 1 aromatic rings. The summed E-state index contributed by atoms with van der Waals surface area (Å²) in [5, 5.41) is 3.39. The molecular formula is C12H20N2S2. The van der Waals surface area contributed by atoms with Gasteiger partial charge in [0.15, 0.2) is 0 Å². The van der Waals surface area contributed by atoms with Crippen molar-refractivity contribution in [2.75, 3.05) is 19.6 Å². The molecule has 0 spiro atoms. The fraction of sp³-hybridized carbons (Fsp3) is 0.750. The molecular weight excluding hydrogens is 236 g/mol. The van der Waals surface area contributed by atoms with Crippen LogP contribution in [0.1, 0.15) is 30.5 Å². The molecule has 2 nitrogen and oxygen atoms in total. The Bertz CT molecular complexity index is 325. The van der Waals surface area contributed by atoms with Gasteiger partial charge in [-0.1, -0.05) is 6.92 Å². The molecule has 1 aliphatic heterocycles. The van der Waals surface area contributed by atoms with Gasteiger partial charge in [-0.05, 0) is 25.3 Å². The third-order valence-electron chi connectivity index (χ3n) is 3.14. The molecule has 2 heterocycles. The maximum atomic E-state index is 4.55. The molecule has 1 atom stereocenters. The lowest BCUT2D eigenvalue weighted by Gasteiger charge is -2.30. The number of likely N-dealkylation sites (tertiary alicyclic amines) is 1. The molecule has 1 aliphatic rings. The van der Waals surface area contributed by atoms with E-state index in [2.05, 4.69) is 34.8 Å². The summed E-state index contributed by atoms with van der Waals surface area (Å²) in [5.74, 6) is 1.63. The first-order chi connectivity index (χ1) is 7.78. The van der Waals surface area contributed by atoms with Crippen molar-refractivity contribution in [1.29, 1.82) is 0 Å². The number of nitrogens with zero attached hydrogens (tertiary/aromatic N) is 2. The standard InChI is InChI=1S/C12H20N2S2/c1-10-3-2-5-14(7-10)6-4-12-13-11(8-15)9-16-12/h9-10,15H,2-8H2,1H3. The third-order valence-corrected chi connectivity index (χ3v) is 4.43. The Morgan fingerprint density at radius 1 is 1.62 bits per heavy atom. The van der Waals surface area contributed by atoms with E-state index in [4.69, 9.17) is 0 Å². The van der Waals surface area contributed by atoms with Crippen LogP contribution >= 0.6 is 24.0 Å². The number of hydrogen-bond acceptors (Lipinski definition) is 4. The largest absolute Gasteiger partial charge is 0.303 e. The number of thiazole rings is 1. The number of hydrogen-bond donors (Lipinski definition) is 1. The quantitative estimate of drug-likeness (QED) is 0.834. The Kier molecular flexibility index (Phi) is 4.67. The SMILES string of the molecule is CC1CCCN(CCc2nc(CS)cs2)C1. The highest BCUT2D eigenvalue weighted by Crippen LogP contribution is 2.17. The number of piperidine rings is 1. The van der Waals surface area contributed by atoms with Gasteiger partial charge in [0.2, 0.25) is 0 Å². The van der Waals surface area contributed by atoms with E-state index in [1.54, 1.807) is 11.3 Å². The summed E-state index contributed by atoms with van der Waals surface area (Å²) in [6.45, 7) is 6.07. The molecule has 90 valence electrons. The lowest BCUT2D eigenvalue weighted by molar-refractivity contribution is 0.186. The van der Waals surface area contributed by atoms with Crippen molar-refractivity contribution >= 4 is 24.0 Å². The van der Waals surface area contributed by atoms with E-state index in [1.807, 2.05) is 0 Å². The van der Waals surface area contributed by atoms with Crippen molar-refractivity contribution in [2.45, 2.75) is 31.9 Å². The summed E-state index contributed by atoms with van der Waals surface area (Å²) in [6, 6.07) is 0. The highest BCUT2D eigenvalue weighted by molar-refractivity contribution is 7.79. The van der Waals surface area contributed by atoms with Crippen LogP contribution in [0, 0.1) is 5.92 Å². The van der Waals surface area contributed by atoms with Crippen molar-refractivity contribution in [1.82, 2.24) is 9.88 Å². The molecule has 1 unspecified atom stereocenters. The van der Waals surface area contributed by atoms with Crippen molar-refractivity contribution in [3.05, 3.63) is 16.1 Å². The Morgan fingerprint density at radius 3 is 3.19 bits per heavy atom. The van der Waals surface area contributed by atoms with Gasteiger partial charge in [0.1, 0.15) is 0 Å². The van der Waals surface area contributed by atoms with Gasteiger partial charge in [0, 0.05) is 30.6 Å². The molecule has 1 aromatic heterocycles. The van der Waals surface area contributed by atoms with Gasteiger partial charge in [0.05, 0.1) is 10.7 Å². The summed E-state index contributed by atoms with van der Waals surface area (Å²) < 4.78 is 0. The first kappa shape index (κ1) is 12.4. The topological polar surface area (TPSA) is 16.1 Å². The molecule has 0 amide bonds. The van der Waals surface area contributed by atoms with E-state index in [0.29, 0.717) is 0 Å². The summed E-state index contributed by atoms with van der Waals surface area (Å²) in [6.07, 6.45) is 3.86. The Morgan fingerprint density at radius 2 is 2.50 bits per heavy atom. The predicted molar refractivity (Wildman–Crippen MR) is 73.3 cm³/mol. The third kappa shape index (κ3) is 3.47. The van der Waals surface area contributed by atoms with E-state index in [1.165, 1.54) is 37.5 Å². The zero-order chi connectivity index (χ0) is 11.4. The maximum Gasteiger partial charge on any atom is 0.0941 e. The second kappa shape index (κ2) is 6.03. The van der Waals surface area contributed by atoms with Gasteiger partial charge in [0.25, 0.3) is 0 Å². The number of aromatic nitrogens is 1. The highest BCUT2D eigenvalue weighted by Gasteiger charge is 2.16. The van der Waals surface area contributed by atoms with Crippen molar-refractivity contribution in [3.8, 4) is 0 Å². The van der Waals surface area contributed by atoms with Crippen LogP contribution in [-0.2, 0) is 12.2 Å². The lowest BCUT2D eigenvalue weighted by atomic mass is 10.0. The molecule has 0 bridgehead atoms. The molecule has 4 heteroatoms. The van der Waals surface area contributed by atoms with Crippen LogP contribution in [0.25, 0.3) is 0 Å². The van der Waals surface area contributed by atoms with Crippen molar-refractivity contribution in [2.24, 2.45) is 5.92 Å². The zero-order valence-corrected chi connectivity index (χ0v) is 11.6. The van der Waals surface area contributed by atoms with Crippen LogP contribution in [0.15, 0.2) is 5.38 Å². The molecule has 1 saturated heterocycles. The Hall–Kier alpha value is -0.0600. The molecule has 0 aromatic carbocycles. The minimum atomic E-state index is 0.761. The van der Waals surface area contributed by atoms with E-state index in [0.717, 1.165) is 23.8 Å². The van der Waals surface area contributed by atoms with Gasteiger partial charge in [-0.15, -0.1) is 11.3 Å². The van der Waals surface area contributed by atoms with Crippen LogP contribution in [0.3, 0.4) is 0 Å². The van der Waals surface area contributed by atoms with Gasteiger partial charge in [-0.3, -0.25) is 0 Å². The van der Waals surface area contributed by atoms with E-state index >= 15 is 0 Å². The van der Waals surface area contributed by atoms with Crippen LogP contribution < -0.4 is 0 Å². The smallest absolute Gasteiger partial charge is 0.0941 e. The molecule has 2 rings (SSSR count). The number of thiol groups is 1. The van der Waals surface area contributed by atoms with Crippen LogP contribution in [0.2, 0.25) is 0 Å². The molecule has 0 aliphatic carbocycles.